The molecule has 4 heteroatoms. The summed E-state index contributed by atoms with van der Waals surface area (Å²) >= 11 is 0. The molecule has 20 heavy (non-hydrogen) atoms. The van der Waals surface area contributed by atoms with Crippen LogP contribution in [-0.2, 0) is 16.0 Å². The minimum Gasteiger partial charge on any atom is -0.298 e. The van der Waals surface area contributed by atoms with Crippen LogP contribution >= 0.6 is 0 Å². The maximum Gasteiger partial charge on any atom is 0.253 e. The van der Waals surface area contributed by atoms with Crippen molar-refractivity contribution in [3.63, 3.8) is 0 Å². The Bertz CT molecular complexity index is 571. The van der Waals surface area contributed by atoms with E-state index in [4.69, 9.17) is 0 Å². The maximum atomic E-state index is 11.7. The number of imide groups is 1. The van der Waals surface area contributed by atoms with Crippen LogP contribution in [-0.4, -0.2) is 29.0 Å². The third-order valence-electron chi connectivity index (χ3n) is 3.67. The number of carbonyl (C=O) groups excluding carboxylic acids is 3. The van der Waals surface area contributed by atoms with Crippen LogP contribution in [0.2, 0.25) is 0 Å². The van der Waals surface area contributed by atoms with Crippen molar-refractivity contribution in [3.05, 3.63) is 47.0 Å². The molecule has 4 nitrogen and oxygen atoms in total. The summed E-state index contributed by atoms with van der Waals surface area (Å²) in [6.45, 7) is 3.81. The van der Waals surface area contributed by atoms with Gasteiger partial charge >= 0.3 is 0 Å². The number of rotatable bonds is 5. The molecular formula is C16H17NO3. The third kappa shape index (κ3) is 2.54. The van der Waals surface area contributed by atoms with Gasteiger partial charge in [0.05, 0.1) is 0 Å². The van der Waals surface area contributed by atoms with Crippen LogP contribution in [0.3, 0.4) is 0 Å². The molecule has 1 atom stereocenters. The quantitative estimate of drug-likeness (QED) is 0.608. The fourth-order valence-corrected chi connectivity index (χ4v) is 2.53. The van der Waals surface area contributed by atoms with Gasteiger partial charge in [0.15, 0.2) is 6.29 Å². The van der Waals surface area contributed by atoms with Gasteiger partial charge in [-0.25, -0.2) is 0 Å². The van der Waals surface area contributed by atoms with Crippen LogP contribution in [0.4, 0.5) is 0 Å². The van der Waals surface area contributed by atoms with Gasteiger partial charge in [0.2, 0.25) is 0 Å². The van der Waals surface area contributed by atoms with E-state index in [1.165, 1.54) is 17.1 Å². The normalized spacial score (nSPS) is 15.8. The van der Waals surface area contributed by atoms with E-state index in [1.54, 1.807) is 0 Å². The average molecular weight is 271 g/mol. The highest BCUT2D eigenvalue weighted by atomic mass is 16.2. The Balaban J connectivity index is 2.28. The summed E-state index contributed by atoms with van der Waals surface area (Å²) in [5, 5.41) is 0. The van der Waals surface area contributed by atoms with E-state index < -0.39 is 0 Å². The highest BCUT2D eigenvalue weighted by Crippen LogP contribution is 2.20. The first-order valence-corrected chi connectivity index (χ1v) is 6.67. The molecule has 0 N–H and O–H groups in total. The van der Waals surface area contributed by atoms with Crippen molar-refractivity contribution in [1.82, 2.24) is 4.90 Å². The Morgan fingerprint density at radius 3 is 2.40 bits per heavy atom. The molecule has 0 fully saturated rings. The first-order valence-electron chi connectivity index (χ1n) is 6.67. The van der Waals surface area contributed by atoms with Gasteiger partial charge in [0.25, 0.3) is 11.8 Å². The number of hydrogen-bond acceptors (Lipinski definition) is 3. The van der Waals surface area contributed by atoms with Gasteiger partial charge in [-0.3, -0.25) is 19.3 Å². The van der Waals surface area contributed by atoms with Crippen molar-refractivity contribution in [2.24, 2.45) is 0 Å². The van der Waals surface area contributed by atoms with Gasteiger partial charge in [-0.1, -0.05) is 25.1 Å². The zero-order chi connectivity index (χ0) is 14.7. The molecule has 1 unspecified atom stereocenters. The molecule has 1 aliphatic rings. The highest BCUT2D eigenvalue weighted by molar-refractivity contribution is 6.13. The Morgan fingerprint density at radius 2 is 1.85 bits per heavy atom. The minimum absolute atomic E-state index is 0.217. The summed E-state index contributed by atoms with van der Waals surface area (Å²) in [6.07, 6.45) is 4.59. The SMILES string of the molecule is CCC(Cc1cccc(C)c1C=O)N1C(=O)C=CC1=O. The molecule has 104 valence electrons. The Labute approximate surface area is 118 Å². The molecule has 1 aromatic rings. The van der Waals surface area contributed by atoms with Gasteiger partial charge in [0.1, 0.15) is 0 Å². The molecule has 1 heterocycles. The van der Waals surface area contributed by atoms with Crippen molar-refractivity contribution in [2.45, 2.75) is 32.7 Å². The van der Waals surface area contributed by atoms with Gasteiger partial charge in [-0.15, -0.1) is 0 Å². The molecule has 0 saturated heterocycles. The highest BCUT2D eigenvalue weighted by Gasteiger charge is 2.30. The number of aryl methyl sites for hydroxylation is 1. The number of nitrogens with zero attached hydrogens (tertiary/aromatic N) is 1. The smallest absolute Gasteiger partial charge is 0.253 e. The molecule has 2 amide bonds. The van der Waals surface area contributed by atoms with Crippen molar-refractivity contribution in [2.75, 3.05) is 0 Å². The zero-order valence-electron chi connectivity index (χ0n) is 11.6. The van der Waals surface area contributed by atoms with Gasteiger partial charge < -0.3 is 0 Å². The maximum absolute atomic E-state index is 11.7. The first kappa shape index (κ1) is 14.2. The van der Waals surface area contributed by atoms with E-state index in [9.17, 15) is 14.4 Å². The van der Waals surface area contributed by atoms with E-state index >= 15 is 0 Å². The molecule has 0 saturated carbocycles. The summed E-state index contributed by atoms with van der Waals surface area (Å²) in [6, 6.07) is 5.42. The monoisotopic (exact) mass is 271 g/mol. The number of amides is 2. The molecule has 1 aromatic carbocycles. The lowest BCUT2D eigenvalue weighted by Gasteiger charge is -2.25. The lowest BCUT2D eigenvalue weighted by molar-refractivity contribution is -0.139. The van der Waals surface area contributed by atoms with E-state index in [2.05, 4.69) is 0 Å². The Hall–Kier alpha value is -2.23. The summed E-state index contributed by atoms with van der Waals surface area (Å²) < 4.78 is 0. The average Bonchev–Trinajstić information content (AvgIpc) is 2.76. The van der Waals surface area contributed by atoms with E-state index in [0.717, 1.165) is 17.4 Å². The summed E-state index contributed by atoms with van der Waals surface area (Å²) in [5.74, 6) is -0.552. The van der Waals surface area contributed by atoms with Gasteiger partial charge in [-0.2, -0.15) is 0 Å². The van der Waals surface area contributed by atoms with Crippen molar-refractivity contribution >= 4 is 18.1 Å². The number of carbonyl (C=O) groups is 3. The van der Waals surface area contributed by atoms with Crippen LogP contribution < -0.4 is 0 Å². The summed E-state index contributed by atoms with van der Waals surface area (Å²) in [4.78, 5) is 36.0. The first-order chi connectivity index (χ1) is 9.58. The second-order valence-corrected chi connectivity index (χ2v) is 4.91. The second-order valence-electron chi connectivity index (χ2n) is 4.91. The van der Waals surface area contributed by atoms with E-state index in [1.807, 2.05) is 32.0 Å². The molecule has 2 rings (SSSR count). The molecule has 1 aliphatic heterocycles. The van der Waals surface area contributed by atoms with Gasteiger partial charge in [-0.05, 0) is 30.9 Å². The molecule has 0 radical (unpaired) electrons. The van der Waals surface area contributed by atoms with Crippen LogP contribution in [0.1, 0.15) is 34.8 Å². The Kier molecular flexibility index (Phi) is 4.13. The van der Waals surface area contributed by atoms with Crippen LogP contribution in [0.25, 0.3) is 0 Å². The van der Waals surface area contributed by atoms with E-state index in [0.29, 0.717) is 18.4 Å². The molecule has 0 bridgehead atoms. The standard InChI is InChI=1S/C16H17NO3/c1-3-13(17-15(19)7-8-16(17)20)9-12-6-4-5-11(2)14(12)10-18/h4-8,10,13H,3,9H2,1-2H3. The molecule has 0 aliphatic carbocycles. The molecule has 0 aromatic heterocycles. The largest absolute Gasteiger partial charge is 0.298 e. The number of hydrogen-bond donors (Lipinski definition) is 0. The zero-order valence-corrected chi connectivity index (χ0v) is 11.6. The minimum atomic E-state index is -0.276. The predicted molar refractivity (Wildman–Crippen MR) is 75.3 cm³/mol. The van der Waals surface area contributed by atoms with Crippen LogP contribution in [0.15, 0.2) is 30.4 Å². The number of benzene rings is 1. The third-order valence-corrected chi connectivity index (χ3v) is 3.67. The molecule has 0 spiro atoms. The molecular weight excluding hydrogens is 254 g/mol. The Morgan fingerprint density at radius 1 is 1.20 bits per heavy atom. The summed E-state index contributed by atoms with van der Waals surface area (Å²) in [5.41, 5.74) is 2.43. The van der Waals surface area contributed by atoms with Crippen molar-refractivity contribution in [1.29, 1.82) is 0 Å². The van der Waals surface area contributed by atoms with Crippen molar-refractivity contribution < 1.29 is 14.4 Å². The lowest BCUT2D eigenvalue weighted by atomic mass is 9.95. The van der Waals surface area contributed by atoms with Crippen molar-refractivity contribution in [3.8, 4) is 0 Å². The fraction of sp³-hybridized carbons (Fsp3) is 0.312. The van der Waals surface area contributed by atoms with Gasteiger partial charge in [0, 0.05) is 23.8 Å². The summed E-state index contributed by atoms with van der Waals surface area (Å²) in [7, 11) is 0. The van der Waals surface area contributed by atoms with Crippen LogP contribution in [0.5, 0.6) is 0 Å². The van der Waals surface area contributed by atoms with Crippen LogP contribution in [0, 0.1) is 6.92 Å². The number of aldehydes is 1. The van der Waals surface area contributed by atoms with E-state index in [-0.39, 0.29) is 17.9 Å². The predicted octanol–water partition coefficient (Wildman–Crippen LogP) is 2.05. The lowest BCUT2D eigenvalue weighted by Crippen LogP contribution is -2.41. The fourth-order valence-electron chi connectivity index (χ4n) is 2.53. The topological polar surface area (TPSA) is 54.5 Å². The second kappa shape index (κ2) is 5.82.